The van der Waals surface area contributed by atoms with E-state index >= 15 is 0 Å². The van der Waals surface area contributed by atoms with Gasteiger partial charge in [-0.25, -0.2) is 4.79 Å². The Morgan fingerprint density at radius 3 is 2.68 bits per heavy atom. The van der Waals surface area contributed by atoms with Gasteiger partial charge in [0, 0.05) is 18.4 Å². The van der Waals surface area contributed by atoms with E-state index in [-0.39, 0.29) is 23.8 Å². The van der Waals surface area contributed by atoms with Crippen molar-refractivity contribution in [1.82, 2.24) is 0 Å². The molecule has 178 valence electrons. The number of rotatable bonds is 6. The second kappa shape index (κ2) is 10.1. The number of hydrogen-bond acceptors (Lipinski definition) is 6. The summed E-state index contributed by atoms with van der Waals surface area (Å²) < 4.78 is 18.0. The highest BCUT2D eigenvalue weighted by molar-refractivity contribution is 9.10. The summed E-state index contributed by atoms with van der Waals surface area (Å²) in [6, 6.07) is 11.7. The maximum absolute atomic E-state index is 13.1. The van der Waals surface area contributed by atoms with Crippen molar-refractivity contribution < 1.29 is 23.8 Å². The third-order valence-corrected chi connectivity index (χ3v) is 6.89. The highest BCUT2D eigenvalue weighted by Gasteiger charge is 2.41. The van der Waals surface area contributed by atoms with Crippen LogP contribution >= 0.6 is 15.9 Å². The van der Waals surface area contributed by atoms with Crippen LogP contribution in [0.25, 0.3) is 0 Å². The van der Waals surface area contributed by atoms with E-state index in [0.29, 0.717) is 37.2 Å². The number of para-hydroxylation sites is 1. The predicted molar refractivity (Wildman–Crippen MR) is 132 cm³/mol. The van der Waals surface area contributed by atoms with Crippen LogP contribution in [0.3, 0.4) is 0 Å². The monoisotopic (exact) mass is 525 g/mol. The number of Topliss-reactive ketones (excluding diaryl/α,β-unsaturated/α-hetero) is 1. The largest absolute Gasteiger partial charge is 0.488 e. The molecule has 2 aromatic carbocycles. The smallest absolute Gasteiger partial charge is 0.340 e. The van der Waals surface area contributed by atoms with Gasteiger partial charge in [0.05, 0.1) is 17.0 Å². The minimum atomic E-state index is -0.640. The molecule has 1 heterocycles. The third kappa shape index (κ3) is 4.62. The van der Waals surface area contributed by atoms with E-state index in [0.717, 1.165) is 32.5 Å². The highest BCUT2D eigenvalue weighted by Crippen LogP contribution is 2.45. The Balaban J connectivity index is 1.80. The van der Waals surface area contributed by atoms with E-state index in [1.54, 1.807) is 6.92 Å². The third-order valence-electron chi connectivity index (χ3n) is 6.24. The number of hydrogen-bond donors (Lipinski definition) is 1. The highest BCUT2D eigenvalue weighted by atomic mass is 79.9. The number of esters is 1. The first kappa shape index (κ1) is 24.1. The molecule has 0 saturated heterocycles. The molecule has 2 aromatic rings. The molecule has 6 nitrogen and oxygen atoms in total. The molecule has 0 bridgehead atoms. The van der Waals surface area contributed by atoms with Gasteiger partial charge in [-0.3, -0.25) is 4.79 Å². The summed E-state index contributed by atoms with van der Waals surface area (Å²) in [6.45, 7) is 6.26. The zero-order valence-corrected chi connectivity index (χ0v) is 21.2. The fourth-order valence-electron chi connectivity index (χ4n) is 4.57. The van der Waals surface area contributed by atoms with Crippen molar-refractivity contribution in [1.29, 1.82) is 0 Å². The van der Waals surface area contributed by atoms with Gasteiger partial charge in [0.1, 0.15) is 23.7 Å². The number of ketones is 1. The van der Waals surface area contributed by atoms with Gasteiger partial charge < -0.3 is 19.9 Å². The Hall–Kier alpha value is -3.06. The first-order chi connectivity index (χ1) is 16.3. The van der Waals surface area contributed by atoms with Crippen molar-refractivity contribution in [2.45, 2.75) is 52.6 Å². The summed E-state index contributed by atoms with van der Waals surface area (Å²) in [7, 11) is 0. The van der Waals surface area contributed by atoms with Crippen molar-refractivity contribution in [3.63, 3.8) is 0 Å². The SMILES string of the molecule is CCOC(=O)C1=C(N)OC2=C(C(=O)CCC2)[C@@H]1c1cc(COc2ccccc2Br)c(C)cc1C. The van der Waals surface area contributed by atoms with Crippen LogP contribution in [0.1, 0.15) is 54.4 Å². The Bertz CT molecular complexity index is 1210. The van der Waals surface area contributed by atoms with Gasteiger partial charge in [0.2, 0.25) is 5.88 Å². The van der Waals surface area contributed by atoms with E-state index in [4.69, 9.17) is 19.9 Å². The molecule has 0 aromatic heterocycles. The van der Waals surface area contributed by atoms with Gasteiger partial charge in [-0.2, -0.15) is 0 Å². The van der Waals surface area contributed by atoms with Crippen LogP contribution in [0.5, 0.6) is 5.75 Å². The first-order valence-corrected chi connectivity index (χ1v) is 12.2. The molecule has 0 spiro atoms. The molecule has 0 unspecified atom stereocenters. The van der Waals surface area contributed by atoms with Gasteiger partial charge >= 0.3 is 5.97 Å². The normalized spacial score (nSPS) is 17.9. The van der Waals surface area contributed by atoms with Gasteiger partial charge in [-0.05, 0) is 77.5 Å². The van der Waals surface area contributed by atoms with Crippen molar-refractivity contribution in [2.24, 2.45) is 5.73 Å². The van der Waals surface area contributed by atoms with E-state index in [1.165, 1.54) is 0 Å². The zero-order valence-electron chi connectivity index (χ0n) is 19.6. The van der Waals surface area contributed by atoms with E-state index in [1.807, 2.05) is 44.2 Å². The first-order valence-electron chi connectivity index (χ1n) is 11.4. The lowest BCUT2D eigenvalue weighted by molar-refractivity contribution is -0.139. The van der Waals surface area contributed by atoms with Crippen LogP contribution in [0.4, 0.5) is 0 Å². The molecule has 2 N–H and O–H groups in total. The average molecular weight is 526 g/mol. The summed E-state index contributed by atoms with van der Waals surface area (Å²) in [5.74, 6) is 0.0606. The number of halogens is 1. The molecule has 1 aliphatic carbocycles. The predicted octanol–water partition coefficient (Wildman–Crippen LogP) is 5.50. The van der Waals surface area contributed by atoms with Crippen molar-refractivity contribution in [3.8, 4) is 5.75 Å². The molecule has 0 fully saturated rings. The lowest BCUT2D eigenvalue weighted by Crippen LogP contribution is -2.32. The fraction of sp³-hybridized carbons (Fsp3) is 0.333. The number of benzene rings is 2. The van der Waals surface area contributed by atoms with E-state index in [9.17, 15) is 9.59 Å². The minimum Gasteiger partial charge on any atom is -0.488 e. The van der Waals surface area contributed by atoms with Crippen LogP contribution in [-0.2, 0) is 25.7 Å². The number of carbonyl (C=O) groups is 2. The Morgan fingerprint density at radius 1 is 1.18 bits per heavy atom. The van der Waals surface area contributed by atoms with Gasteiger partial charge in [0.25, 0.3) is 0 Å². The van der Waals surface area contributed by atoms with E-state index in [2.05, 4.69) is 22.0 Å². The number of aryl methyl sites for hydroxylation is 2. The maximum atomic E-state index is 13.1. The quantitative estimate of drug-likeness (QED) is 0.501. The molecular formula is C27H28BrNO5. The molecule has 1 aliphatic heterocycles. The van der Waals surface area contributed by atoms with Crippen LogP contribution in [0.2, 0.25) is 0 Å². The summed E-state index contributed by atoms with van der Waals surface area (Å²) in [6.07, 6.45) is 1.72. The van der Waals surface area contributed by atoms with Crippen molar-refractivity contribution in [2.75, 3.05) is 6.61 Å². The van der Waals surface area contributed by atoms with Gasteiger partial charge in [-0.1, -0.05) is 24.3 Å². The number of ether oxygens (including phenoxy) is 3. The Kier molecular flexibility index (Phi) is 7.12. The summed E-state index contributed by atoms with van der Waals surface area (Å²) in [4.78, 5) is 26.1. The lowest BCUT2D eigenvalue weighted by atomic mass is 9.75. The van der Waals surface area contributed by atoms with Crippen LogP contribution in [-0.4, -0.2) is 18.4 Å². The molecule has 0 amide bonds. The molecule has 1 atom stereocenters. The minimum absolute atomic E-state index is 0.00268. The van der Waals surface area contributed by atoms with E-state index < -0.39 is 11.9 Å². The average Bonchev–Trinajstić information content (AvgIpc) is 2.79. The Morgan fingerprint density at radius 2 is 1.94 bits per heavy atom. The molecule has 34 heavy (non-hydrogen) atoms. The fourth-order valence-corrected chi connectivity index (χ4v) is 4.97. The van der Waals surface area contributed by atoms with Gasteiger partial charge in [-0.15, -0.1) is 0 Å². The van der Waals surface area contributed by atoms with Crippen LogP contribution in [0, 0.1) is 13.8 Å². The number of allylic oxidation sites excluding steroid dienone is 2. The molecule has 2 aliphatic rings. The van der Waals surface area contributed by atoms with Crippen LogP contribution in [0.15, 0.2) is 63.7 Å². The Labute approximate surface area is 207 Å². The summed E-state index contributed by atoms with van der Waals surface area (Å²) in [5.41, 5.74) is 10.7. The summed E-state index contributed by atoms with van der Waals surface area (Å²) >= 11 is 3.51. The molecular weight excluding hydrogens is 498 g/mol. The van der Waals surface area contributed by atoms with Gasteiger partial charge in [0.15, 0.2) is 5.78 Å². The van der Waals surface area contributed by atoms with Crippen molar-refractivity contribution in [3.05, 3.63) is 85.9 Å². The molecule has 7 heteroatoms. The second-order valence-electron chi connectivity index (χ2n) is 8.50. The number of carbonyl (C=O) groups excluding carboxylic acids is 2. The zero-order chi connectivity index (χ0) is 24.4. The number of nitrogens with two attached hydrogens (primary N) is 1. The molecule has 0 radical (unpaired) electrons. The standard InChI is InChI=1S/C27H28BrNO5/c1-4-32-27(31)25-23(24-20(30)9-7-11-22(24)34-26(25)29)18-13-17(15(2)12-16(18)3)14-33-21-10-6-5-8-19(21)28/h5-6,8,10,12-13,23H,4,7,9,11,14,29H2,1-3H3/t23-/m0/s1. The second-order valence-corrected chi connectivity index (χ2v) is 9.36. The van der Waals surface area contributed by atoms with Crippen molar-refractivity contribution >= 4 is 27.7 Å². The molecule has 0 saturated carbocycles. The molecule has 4 rings (SSSR count). The maximum Gasteiger partial charge on any atom is 0.340 e. The van der Waals surface area contributed by atoms with Crippen LogP contribution < -0.4 is 10.5 Å². The topological polar surface area (TPSA) is 87.9 Å². The lowest BCUT2D eigenvalue weighted by Gasteiger charge is -2.33. The summed E-state index contributed by atoms with van der Waals surface area (Å²) in [5, 5.41) is 0.